The molecule has 2 atom stereocenters. The number of rotatable bonds is 2. The lowest BCUT2D eigenvalue weighted by atomic mass is 10.1. The van der Waals surface area contributed by atoms with Gasteiger partial charge in [-0.15, -0.1) is 0 Å². The molecule has 0 fully saturated rings. The van der Waals surface area contributed by atoms with Gasteiger partial charge >= 0.3 is 0 Å². The van der Waals surface area contributed by atoms with Gasteiger partial charge in [0, 0.05) is 25.2 Å². The van der Waals surface area contributed by atoms with Gasteiger partial charge in [0.2, 0.25) is 0 Å². The fourth-order valence-corrected chi connectivity index (χ4v) is 3.66. The maximum atomic E-state index is 5.54. The van der Waals surface area contributed by atoms with Crippen LogP contribution in [0.1, 0.15) is 45.3 Å². The summed E-state index contributed by atoms with van der Waals surface area (Å²) in [6, 6.07) is 7.25. The fourth-order valence-electron chi connectivity index (χ4n) is 3.27. The molecule has 3 rings (SSSR count). The van der Waals surface area contributed by atoms with Crippen molar-refractivity contribution in [2.24, 2.45) is 0 Å². The van der Waals surface area contributed by atoms with Crippen LogP contribution in [0.5, 0.6) is 0 Å². The molecular formula is C17H23N3S. The Morgan fingerprint density at radius 3 is 2.86 bits per heavy atom. The summed E-state index contributed by atoms with van der Waals surface area (Å²) in [6.07, 6.45) is 2.31. The van der Waals surface area contributed by atoms with Crippen molar-refractivity contribution in [2.45, 2.75) is 39.8 Å². The van der Waals surface area contributed by atoms with Gasteiger partial charge in [-0.2, -0.15) is 0 Å². The van der Waals surface area contributed by atoms with Crippen LogP contribution in [0.2, 0.25) is 0 Å². The van der Waals surface area contributed by atoms with E-state index in [9.17, 15) is 0 Å². The Balaban J connectivity index is 2.14. The molecule has 0 spiro atoms. The number of hydrogen-bond acceptors (Lipinski definition) is 2. The molecular weight excluding hydrogens is 278 g/mol. The highest BCUT2D eigenvalue weighted by Crippen LogP contribution is 2.34. The Labute approximate surface area is 131 Å². The van der Waals surface area contributed by atoms with E-state index in [0.29, 0.717) is 12.1 Å². The zero-order valence-electron chi connectivity index (χ0n) is 13.2. The number of allylic oxidation sites excluding steroid dienone is 1. The summed E-state index contributed by atoms with van der Waals surface area (Å²) < 4.78 is 3.13. The number of benzene rings is 1. The molecule has 0 amide bonds. The second-order valence-corrected chi connectivity index (χ2v) is 6.69. The highest BCUT2D eigenvalue weighted by atomic mass is 32.1. The van der Waals surface area contributed by atoms with Gasteiger partial charge in [-0.05, 0) is 51.5 Å². The third-order valence-electron chi connectivity index (χ3n) is 4.44. The normalized spacial score (nSPS) is 22.3. The third-order valence-corrected chi connectivity index (χ3v) is 4.74. The lowest BCUT2D eigenvalue weighted by Gasteiger charge is -2.28. The molecule has 0 saturated heterocycles. The van der Waals surface area contributed by atoms with Crippen molar-refractivity contribution in [3.05, 3.63) is 40.2 Å². The van der Waals surface area contributed by atoms with Gasteiger partial charge in [-0.3, -0.25) is 4.90 Å². The SMILES string of the molecule is CC(C)=CCN1C[C@H](C)n2c(=S)[nH]c3cccc(c32)[C@@H]1C. The van der Waals surface area contributed by atoms with Crippen molar-refractivity contribution in [1.82, 2.24) is 14.5 Å². The Morgan fingerprint density at radius 1 is 1.38 bits per heavy atom. The lowest BCUT2D eigenvalue weighted by Crippen LogP contribution is -2.30. The minimum atomic E-state index is 0.378. The van der Waals surface area contributed by atoms with Gasteiger partial charge in [0.05, 0.1) is 11.0 Å². The Bertz CT molecular complexity index is 749. The summed E-state index contributed by atoms with van der Waals surface area (Å²) >= 11 is 5.54. The zero-order chi connectivity index (χ0) is 15.1. The second kappa shape index (κ2) is 5.43. The van der Waals surface area contributed by atoms with Gasteiger partial charge < -0.3 is 9.55 Å². The average Bonchev–Trinajstić information content (AvgIpc) is 2.72. The minimum absolute atomic E-state index is 0.378. The molecule has 1 aromatic heterocycles. The quantitative estimate of drug-likeness (QED) is 0.647. The van der Waals surface area contributed by atoms with E-state index in [2.05, 4.69) is 66.4 Å². The standard InChI is InChI=1S/C17H23N3S/c1-11(2)8-9-19-10-12(3)20-16-14(13(19)4)6-5-7-15(16)18-17(20)21/h5-8,12-13H,9-10H2,1-4H3,(H,18,21)/t12-,13-/m0/s1. The summed E-state index contributed by atoms with van der Waals surface area (Å²) in [5.41, 5.74) is 5.17. The summed E-state index contributed by atoms with van der Waals surface area (Å²) in [4.78, 5) is 5.89. The molecule has 0 radical (unpaired) electrons. The molecule has 1 aliphatic rings. The number of nitrogens with one attached hydrogen (secondary N) is 1. The Kier molecular flexibility index (Phi) is 3.76. The number of aromatic nitrogens is 2. The van der Waals surface area contributed by atoms with E-state index in [0.717, 1.165) is 23.4 Å². The topological polar surface area (TPSA) is 24.0 Å². The highest BCUT2D eigenvalue weighted by Gasteiger charge is 2.26. The highest BCUT2D eigenvalue weighted by molar-refractivity contribution is 7.71. The molecule has 2 heterocycles. The molecule has 3 nitrogen and oxygen atoms in total. The van der Waals surface area contributed by atoms with E-state index in [1.54, 1.807) is 0 Å². The van der Waals surface area contributed by atoms with Crippen LogP contribution in [0.3, 0.4) is 0 Å². The smallest absolute Gasteiger partial charge is 0.178 e. The van der Waals surface area contributed by atoms with Crippen molar-refractivity contribution in [2.75, 3.05) is 13.1 Å². The van der Waals surface area contributed by atoms with Crippen LogP contribution in [0, 0.1) is 4.77 Å². The summed E-state index contributed by atoms with van der Waals surface area (Å²) in [6.45, 7) is 10.9. The van der Waals surface area contributed by atoms with Crippen molar-refractivity contribution < 1.29 is 0 Å². The molecule has 0 unspecified atom stereocenters. The molecule has 21 heavy (non-hydrogen) atoms. The molecule has 1 aromatic carbocycles. The summed E-state index contributed by atoms with van der Waals surface area (Å²) in [7, 11) is 0. The molecule has 0 bridgehead atoms. The van der Waals surface area contributed by atoms with Crippen LogP contribution in [0.25, 0.3) is 11.0 Å². The fraction of sp³-hybridized carbons (Fsp3) is 0.471. The second-order valence-electron chi connectivity index (χ2n) is 6.30. The molecule has 4 heteroatoms. The van der Waals surface area contributed by atoms with Crippen molar-refractivity contribution >= 4 is 23.3 Å². The molecule has 1 aliphatic heterocycles. The van der Waals surface area contributed by atoms with E-state index in [4.69, 9.17) is 12.2 Å². The van der Waals surface area contributed by atoms with E-state index in [-0.39, 0.29) is 0 Å². The van der Waals surface area contributed by atoms with Gasteiger partial charge in [0.15, 0.2) is 4.77 Å². The monoisotopic (exact) mass is 301 g/mol. The van der Waals surface area contributed by atoms with Crippen molar-refractivity contribution in [3.8, 4) is 0 Å². The van der Waals surface area contributed by atoms with E-state index < -0.39 is 0 Å². The van der Waals surface area contributed by atoms with Crippen molar-refractivity contribution in [1.29, 1.82) is 0 Å². The van der Waals surface area contributed by atoms with Crippen LogP contribution in [-0.2, 0) is 0 Å². The number of para-hydroxylation sites is 1. The average molecular weight is 301 g/mol. The first kappa shape index (κ1) is 14.5. The maximum absolute atomic E-state index is 5.54. The number of imidazole rings is 1. The number of hydrogen-bond donors (Lipinski definition) is 1. The Hall–Kier alpha value is -1.39. The lowest BCUT2D eigenvalue weighted by molar-refractivity contribution is 0.213. The molecule has 0 aliphatic carbocycles. The van der Waals surface area contributed by atoms with Crippen molar-refractivity contribution in [3.63, 3.8) is 0 Å². The van der Waals surface area contributed by atoms with Crippen LogP contribution in [0.15, 0.2) is 29.8 Å². The molecule has 2 aromatic rings. The first-order valence-corrected chi connectivity index (χ1v) is 8.00. The van der Waals surface area contributed by atoms with Gasteiger partial charge in [-0.1, -0.05) is 23.8 Å². The predicted molar refractivity (Wildman–Crippen MR) is 91.3 cm³/mol. The van der Waals surface area contributed by atoms with Gasteiger partial charge in [0.25, 0.3) is 0 Å². The molecule has 1 N–H and O–H groups in total. The number of nitrogens with zero attached hydrogens (tertiary/aromatic N) is 2. The largest absolute Gasteiger partial charge is 0.331 e. The Morgan fingerprint density at radius 2 is 2.14 bits per heavy atom. The first-order chi connectivity index (χ1) is 9.99. The molecule has 0 saturated carbocycles. The van der Waals surface area contributed by atoms with E-state index in [1.807, 2.05) is 0 Å². The summed E-state index contributed by atoms with van der Waals surface area (Å²) in [5.74, 6) is 0. The maximum Gasteiger partial charge on any atom is 0.178 e. The van der Waals surface area contributed by atoms with Gasteiger partial charge in [0.1, 0.15) is 0 Å². The van der Waals surface area contributed by atoms with Gasteiger partial charge in [-0.25, -0.2) is 0 Å². The number of aromatic amines is 1. The van der Waals surface area contributed by atoms with Crippen LogP contribution < -0.4 is 0 Å². The van der Waals surface area contributed by atoms with Crippen LogP contribution in [0.4, 0.5) is 0 Å². The van der Waals surface area contributed by atoms with E-state index >= 15 is 0 Å². The minimum Gasteiger partial charge on any atom is -0.331 e. The summed E-state index contributed by atoms with van der Waals surface area (Å²) in [5, 5.41) is 0. The predicted octanol–water partition coefficient (Wildman–Crippen LogP) is 4.60. The van der Waals surface area contributed by atoms with Crippen LogP contribution in [-0.4, -0.2) is 27.5 Å². The van der Waals surface area contributed by atoms with E-state index in [1.165, 1.54) is 16.7 Å². The third kappa shape index (κ3) is 2.47. The first-order valence-electron chi connectivity index (χ1n) is 7.59. The number of H-pyrrole nitrogens is 1. The van der Waals surface area contributed by atoms with Crippen LogP contribution >= 0.6 is 12.2 Å². The zero-order valence-corrected chi connectivity index (χ0v) is 14.0. The molecule has 112 valence electrons.